The number of nitrogens with zero attached hydrogens (tertiary/aromatic N) is 1. The first kappa shape index (κ1) is 19.0. The fraction of sp³-hybridized carbons (Fsp3) is 0.238. The molecule has 0 spiro atoms. The second-order valence-electron chi connectivity index (χ2n) is 7.13. The van der Waals surface area contributed by atoms with E-state index in [9.17, 15) is 4.79 Å². The van der Waals surface area contributed by atoms with Crippen LogP contribution in [0.4, 0.5) is 11.4 Å². The lowest BCUT2D eigenvalue weighted by Gasteiger charge is -2.20. The number of methoxy groups -OCH3 is 1. The van der Waals surface area contributed by atoms with E-state index in [1.165, 1.54) is 0 Å². The SMILES string of the molecule is COc1cccc(Nc2c(C(N)=O)cnc3c(SC(C)(C)C)cccc23)c1. The molecule has 0 bridgehead atoms. The smallest absolute Gasteiger partial charge is 0.252 e. The van der Waals surface area contributed by atoms with Crippen molar-refractivity contribution in [2.24, 2.45) is 5.73 Å². The molecule has 3 aromatic rings. The third-order valence-electron chi connectivity index (χ3n) is 3.88. The number of hydrogen-bond acceptors (Lipinski definition) is 5. The number of fused-ring (bicyclic) bond motifs is 1. The number of nitrogens with two attached hydrogens (primary N) is 1. The van der Waals surface area contributed by atoms with Crippen molar-refractivity contribution in [3.63, 3.8) is 0 Å². The fourth-order valence-electron chi connectivity index (χ4n) is 2.77. The fourth-order valence-corrected chi connectivity index (χ4v) is 3.84. The first-order valence-electron chi connectivity index (χ1n) is 8.60. The molecule has 140 valence electrons. The van der Waals surface area contributed by atoms with E-state index in [1.54, 1.807) is 25.1 Å². The van der Waals surface area contributed by atoms with Gasteiger partial charge in [0, 0.05) is 33.0 Å². The van der Waals surface area contributed by atoms with Crippen molar-refractivity contribution in [1.82, 2.24) is 4.98 Å². The van der Waals surface area contributed by atoms with Crippen LogP contribution in [0, 0.1) is 0 Å². The molecule has 6 heteroatoms. The molecule has 2 aromatic carbocycles. The number of carbonyl (C=O) groups is 1. The molecule has 5 nitrogen and oxygen atoms in total. The zero-order valence-electron chi connectivity index (χ0n) is 15.9. The Kier molecular flexibility index (Phi) is 5.28. The van der Waals surface area contributed by atoms with Gasteiger partial charge in [0.1, 0.15) is 5.75 Å². The quantitative estimate of drug-likeness (QED) is 0.610. The molecule has 3 rings (SSSR count). The largest absolute Gasteiger partial charge is 0.497 e. The molecular formula is C21H23N3O2S. The molecule has 0 unspecified atom stereocenters. The average molecular weight is 382 g/mol. The Balaban J connectivity index is 2.17. The van der Waals surface area contributed by atoms with Crippen LogP contribution in [0.1, 0.15) is 31.1 Å². The number of ether oxygens (including phenoxy) is 1. The van der Waals surface area contributed by atoms with Gasteiger partial charge >= 0.3 is 0 Å². The number of primary amides is 1. The Morgan fingerprint density at radius 2 is 1.93 bits per heavy atom. The summed E-state index contributed by atoms with van der Waals surface area (Å²) in [5, 5.41) is 4.18. The highest BCUT2D eigenvalue weighted by atomic mass is 32.2. The van der Waals surface area contributed by atoms with Crippen molar-refractivity contribution in [3.8, 4) is 5.75 Å². The standard InChI is InChI=1S/C21H23N3O2S/c1-21(2,3)27-17-10-6-9-15-18(16(20(22)25)12-23-19(15)17)24-13-7-5-8-14(11-13)26-4/h5-12H,1-4H3,(H2,22,25)(H,23,24). The Morgan fingerprint density at radius 1 is 1.19 bits per heavy atom. The number of amides is 1. The van der Waals surface area contributed by atoms with E-state index in [1.807, 2.05) is 42.5 Å². The zero-order valence-corrected chi connectivity index (χ0v) is 16.7. The molecule has 1 aromatic heterocycles. The van der Waals surface area contributed by atoms with Gasteiger partial charge in [0.2, 0.25) is 0 Å². The van der Waals surface area contributed by atoms with Crippen molar-refractivity contribution in [1.29, 1.82) is 0 Å². The summed E-state index contributed by atoms with van der Waals surface area (Å²) < 4.78 is 5.32. The van der Waals surface area contributed by atoms with E-state index in [4.69, 9.17) is 10.5 Å². The van der Waals surface area contributed by atoms with E-state index in [0.29, 0.717) is 11.3 Å². The molecule has 27 heavy (non-hydrogen) atoms. The van der Waals surface area contributed by atoms with Gasteiger partial charge in [0.25, 0.3) is 5.91 Å². The van der Waals surface area contributed by atoms with Gasteiger partial charge in [0.15, 0.2) is 0 Å². The molecule has 1 amide bonds. The highest BCUT2D eigenvalue weighted by molar-refractivity contribution is 8.00. The Bertz CT molecular complexity index is 996. The monoisotopic (exact) mass is 381 g/mol. The van der Waals surface area contributed by atoms with Gasteiger partial charge in [-0.3, -0.25) is 9.78 Å². The highest BCUT2D eigenvalue weighted by Crippen LogP contribution is 2.39. The number of carbonyl (C=O) groups excluding carboxylic acids is 1. The summed E-state index contributed by atoms with van der Waals surface area (Å²) in [6.45, 7) is 6.47. The number of anilines is 2. The van der Waals surface area contributed by atoms with Crippen LogP contribution in [0.25, 0.3) is 10.9 Å². The van der Waals surface area contributed by atoms with Gasteiger partial charge in [-0.05, 0) is 18.2 Å². The minimum Gasteiger partial charge on any atom is -0.497 e. The number of thioether (sulfide) groups is 1. The maximum Gasteiger partial charge on any atom is 0.252 e. The van der Waals surface area contributed by atoms with Crippen LogP contribution >= 0.6 is 11.8 Å². The lowest BCUT2D eigenvalue weighted by Crippen LogP contribution is -2.14. The first-order valence-corrected chi connectivity index (χ1v) is 9.42. The number of pyridine rings is 1. The molecule has 1 heterocycles. The van der Waals surface area contributed by atoms with Crippen LogP contribution in [-0.4, -0.2) is 22.7 Å². The van der Waals surface area contributed by atoms with Gasteiger partial charge in [-0.1, -0.05) is 39.0 Å². The number of aromatic nitrogens is 1. The lowest BCUT2D eigenvalue weighted by molar-refractivity contribution is 0.100. The van der Waals surface area contributed by atoms with Crippen LogP contribution in [0.5, 0.6) is 5.75 Å². The molecule has 0 saturated heterocycles. The Labute approximate surface area is 163 Å². The van der Waals surface area contributed by atoms with E-state index >= 15 is 0 Å². The van der Waals surface area contributed by atoms with Crippen LogP contribution in [0.2, 0.25) is 0 Å². The predicted molar refractivity (Wildman–Crippen MR) is 112 cm³/mol. The average Bonchev–Trinajstić information content (AvgIpc) is 2.61. The second-order valence-corrected chi connectivity index (χ2v) is 9.00. The molecule has 3 N–H and O–H groups in total. The lowest BCUT2D eigenvalue weighted by atomic mass is 10.1. The summed E-state index contributed by atoms with van der Waals surface area (Å²) in [6.07, 6.45) is 1.54. The molecule has 0 aliphatic rings. The predicted octanol–water partition coefficient (Wildman–Crippen LogP) is 4.98. The number of benzene rings is 2. The van der Waals surface area contributed by atoms with Gasteiger partial charge in [-0.2, -0.15) is 0 Å². The van der Waals surface area contributed by atoms with Gasteiger partial charge in [0.05, 0.1) is 23.9 Å². The van der Waals surface area contributed by atoms with Gasteiger partial charge in [-0.15, -0.1) is 11.8 Å². The minimum absolute atomic E-state index is 0.0404. The van der Waals surface area contributed by atoms with E-state index in [0.717, 1.165) is 27.2 Å². The van der Waals surface area contributed by atoms with Crippen LogP contribution in [0.3, 0.4) is 0 Å². The molecule has 0 aliphatic heterocycles. The molecule has 0 fully saturated rings. The summed E-state index contributed by atoms with van der Waals surface area (Å²) in [7, 11) is 1.62. The number of rotatable bonds is 5. The normalized spacial score (nSPS) is 11.4. The van der Waals surface area contributed by atoms with Crippen LogP contribution < -0.4 is 15.8 Å². The molecule has 0 radical (unpaired) electrons. The first-order chi connectivity index (χ1) is 12.8. The number of hydrogen-bond donors (Lipinski definition) is 2. The molecular weight excluding hydrogens is 358 g/mol. The van der Waals surface area contributed by atoms with Crippen molar-refractivity contribution < 1.29 is 9.53 Å². The van der Waals surface area contributed by atoms with Crippen molar-refractivity contribution in [2.45, 2.75) is 30.4 Å². The minimum atomic E-state index is -0.524. The second kappa shape index (κ2) is 7.48. The van der Waals surface area contributed by atoms with Gasteiger partial charge in [-0.25, -0.2) is 0 Å². The summed E-state index contributed by atoms with van der Waals surface area (Å²) >= 11 is 1.74. The summed E-state index contributed by atoms with van der Waals surface area (Å²) in [5.41, 5.74) is 8.25. The summed E-state index contributed by atoms with van der Waals surface area (Å²) in [5.74, 6) is 0.201. The highest BCUT2D eigenvalue weighted by Gasteiger charge is 2.19. The molecule has 0 aliphatic carbocycles. The molecule has 0 atom stereocenters. The molecule has 0 saturated carbocycles. The number of nitrogens with one attached hydrogen (secondary N) is 1. The maximum absolute atomic E-state index is 12.0. The van der Waals surface area contributed by atoms with Crippen LogP contribution in [-0.2, 0) is 0 Å². The van der Waals surface area contributed by atoms with E-state index in [2.05, 4.69) is 31.1 Å². The van der Waals surface area contributed by atoms with Crippen molar-refractivity contribution in [2.75, 3.05) is 12.4 Å². The third-order valence-corrected chi connectivity index (χ3v) is 5.04. The maximum atomic E-state index is 12.0. The van der Waals surface area contributed by atoms with E-state index in [-0.39, 0.29) is 4.75 Å². The summed E-state index contributed by atoms with van der Waals surface area (Å²) in [6, 6.07) is 13.5. The van der Waals surface area contributed by atoms with Crippen LogP contribution in [0.15, 0.2) is 53.6 Å². The Hall–Kier alpha value is -2.73. The van der Waals surface area contributed by atoms with Gasteiger partial charge < -0.3 is 15.8 Å². The Morgan fingerprint density at radius 3 is 2.59 bits per heavy atom. The number of para-hydroxylation sites is 1. The third kappa shape index (κ3) is 4.34. The van der Waals surface area contributed by atoms with Crippen molar-refractivity contribution >= 4 is 39.9 Å². The van der Waals surface area contributed by atoms with E-state index < -0.39 is 5.91 Å². The zero-order chi connectivity index (χ0) is 19.6. The topological polar surface area (TPSA) is 77.2 Å². The van der Waals surface area contributed by atoms with Crippen molar-refractivity contribution in [3.05, 3.63) is 54.2 Å². The summed E-state index contributed by atoms with van der Waals surface area (Å²) in [4.78, 5) is 17.6.